The van der Waals surface area contributed by atoms with E-state index >= 15 is 0 Å². The summed E-state index contributed by atoms with van der Waals surface area (Å²) in [6, 6.07) is 9.24. The zero-order chi connectivity index (χ0) is 17.3. The molecule has 0 saturated carbocycles. The van der Waals surface area contributed by atoms with E-state index in [0.717, 1.165) is 0 Å². The number of aromatic nitrogens is 2. The monoisotopic (exact) mass is 389 g/mol. The number of nitrogens with one attached hydrogen (secondary N) is 1. The highest BCUT2D eigenvalue weighted by Gasteiger charge is 2.17. The summed E-state index contributed by atoms with van der Waals surface area (Å²) in [6.45, 7) is 2.17. The van der Waals surface area contributed by atoms with Crippen molar-refractivity contribution in [2.75, 3.05) is 5.32 Å². The van der Waals surface area contributed by atoms with Gasteiger partial charge in [0.05, 0.1) is 5.69 Å². The molecule has 1 aromatic carbocycles. The van der Waals surface area contributed by atoms with E-state index < -0.39 is 17.3 Å². The van der Waals surface area contributed by atoms with Gasteiger partial charge in [0.2, 0.25) is 0 Å². The topological polar surface area (TPSA) is 64.0 Å². The third-order valence-electron chi connectivity index (χ3n) is 3.59. The molecule has 2 aromatic heterocycles. The summed E-state index contributed by atoms with van der Waals surface area (Å²) in [5, 5.41) is 3.11. The number of halogens is 2. The standard InChI is InChI=1S/C17H13BrFN3O2/c1-2-22-15-10(4-3-7-20-15)8-12(17(22)24)16(23)21-14-6-5-11(18)9-13(14)19/h3-9H,2H2,1H3,(H,21,23). The molecule has 5 nitrogen and oxygen atoms in total. The molecule has 0 fully saturated rings. The summed E-state index contributed by atoms with van der Waals surface area (Å²) in [7, 11) is 0. The number of fused-ring (bicyclic) bond motifs is 1. The molecular weight excluding hydrogens is 377 g/mol. The third kappa shape index (κ3) is 2.94. The van der Waals surface area contributed by atoms with Crippen molar-refractivity contribution >= 4 is 38.6 Å². The van der Waals surface area contributed by atoms with Crippen LogP contribution in [0.5, 0.6) is 0 Å². The quantitative estimate of drug-likeness (QED) is 0.744. The van der Waals surface area contributed by atoms with Crippen molar-refractivity contribution < 1.29 is 9.18 Å². The molecule has 0 bridgehead atoms. The number of hydrogen-bond acceptors (Lipinski definition) is 3. The number of aryl methyl sites for hydroxylation is 1. The lowest BCUT2D eigenvalue weighted by Crippen LogP contribution is -2.29. The Labute approximate surface area is 145 Å². The van der Waals surface area contributed by atoms with Crippen LogP contribution in [0.1, 0.15) is 17.3 Å². The summed E-state index contributed by atoms with van der Waals surface area (Å²) in [5.74, 6) is -1.25. The van der Waals surface area contributed by atoms with Gasteiger partial charge >= 0.3 is 0 Å². The molecule has 2 heterocycles. The highest BCUT2D eigenvalue weighted by Crippen LogP contribution is 2.20. The molecule has 0 aliphatic carbocycles. The van der Waals surface area contributed by atoms with Crippen molar-refractivity contribution in [2.24, 2.45) is 0 Å². The second kappa shape index (κ2) is 6.52. The highest BCUT2D eigenvalue weighted by atomic mass is 79.9. The van der Waals surface area contributed by atoms with Crippen LogP contribution in [0.25, 0.3) is 11.0 Å². The molecule has 0 atom stereocenters. The van der Waals surface area contributed by atoms with Crippen LogP contribution in [0.4, 0.5) is 10.1 Å². The Bertz CT molecular complexity index is 1000. The van der Waals surface area contributed by atoms with E-state index in [-0.39, 0.29) is 11.3 Å². The second-order valence-corrected chi connectivity index (χ2v) is 6.02. The largest absolute Gasteiger partial charge is 0.319 e. The van der Waals surface area contributed by atoms with Gasteiger partial charge in [-0.25, -0.2) is 9.37 Å². The van der Waals surface area contributed by atoms with Crippen LogP contribution in [-0.4, -0.2) is 15.5 Å². The predicted molar refractivity (Wildman–Crippen MR) is 93.7 cm³/mol. The Kier molecular flexibility index (Phi) is 4.44. The van der Waals surface area contributed by atoms with Gasteiger partial charge in [-0.1, -0.05) is 15.9 Å². The molecule has 1 amide bonds. The van der Waals surface area contributed by atoms with E-state index in [1.807, 2.05) is 0 Å². The van der Waals surface area contributed by atoms with Gasteiger partial charge in [0.1, 0.15) is 17.0 Å². The molecule has 24 heavy (non-hydrogen) atoms. The lowest BCUT2D eigenvalue weighted by atomic mass is 10.2. The fourth-order valence-electron chi connectivity index (χ4n) is 2.44. The van der Waals surface area contributed by atoms with Crippen LogP contribution >= 0.6 is 15.9 Å². The molecule has 7 heteroatoms. The van der Waals surface area contributed by atoms with Crippen molar-refractivity contribution in [3.05, 3.63) is 68.8 Å². The normalized spacial score (nSPS) is 10.8. The molecule has 0 spiro atoms. The van der Waals surface area contributed by atoms with Gasteiger partial charge in [0.25, 0.3) is 11.5 Å². The first-order valence-corrected chi connectivity index (χ1v) is 8.05. The maximum absolute atomic E-state index is 13.9. The lowest BCUT2D eigenvalue weighted by molar-refractivity contribution is 0.102. The van der Waals surface area contributed by atoms with Crippen LogP contribution in [0.15, 0.2) is 51.9 Å². The van der Waals surface area contributed by atoms with Crippen molar-refractivity contribution in [3.63, 3.8) is 0 Å². The highest BCUT2D eigenvalue weighted by molar-refractivity contribution is 9.10. The molecule has 1 N–H and O–H groups in total. The Balaban J connectivity index is 2.07. The molecule has 0 saturated heterocycles. The first-order chi connectivity index (χ1) is 11.5. The number of benzene rings is 1. The number of hydrogen-bond donors (Lipinski definition) is 1. The van der Waals surface area contributed by atoms with Crippen LogP contribution in [0.2, 0.25) is 0 Å². The summed E-state index contributed by atoms with van der Waals surface area (Å²) in [6.07, 6.45) is 1.59. The van der Waals surface area contributed by atoms with E-state index in [1.54, 1.807) is 31.3 Å². The van der Waals surface area contributed by atoms with Crippen molar-refractivity contribution in [1.29, 1.82) is 0 Å². The predicted octanol–water partition coefficient (Wildman–Crippen LogP) is 3.57. The Morgan fingerprint density at radius 3 is 2.83 bits per heavy atom. The molecule has 3 aromatic rings. The number of carbonyl (C=O) groups is 1. The van der Waals surface area contributed by atoms with E-state index in [0.29, 0.717) is 22.1 Å². The summed E-state index contributed by atoms with van der Waals surface area (Å²) in [5.41, 5.74) is 0.00620. The molecule has 0 unspecified atom stereocenters. The van der Waals surface area contributed by atoms with Gasteiger partial charge in [-0.2, -0.15) is 0 Å². The molecular formula is C17H13BrFN3O2. The third-order valence-corrected chi connectivity index (χ3v) is 4.08. The number of nitrogens with zero attached hydrogens (tertiary/aromatic N) is 2. The zero-order valence-electron chi connectivity index (χ0n) is 12.7. The molecule has 122 valence electrons. The van der Waals surface area contributed by atoms with Gasteiger partial charge in [0.15, 0.2) is 0 Å². The number of anilines is 1. The van der Waals surface area contributed by atoms with Gasteiger partial charge in [-0.15, -0.1) is 0 Å². The van der Waals surface area contributed by atoms with Crippen LogP contribution < -0.4 is 10.9 Å². The maximum atomic E-state index is 13.9. The Morgan fingerprint density at radius 1 is 1.33 bits per heavy atom. The summed E-state index contributed by atoms with van der Waals surface area (Å²) < 4.78 is 15.9. The first-order valence-electron chi connectivity index (χ1n) is 7.26. The van der Waals surface area contributed by atoms with Crippen molar-refractivity contribution in [3.8, 4) is 0 Å². The maximum Gasteiger partial charge on any atom is 0.265 e. The summed E-state index contributed by atoms with van der Waals surface area (Å²) in [4.78, 5) is 29.2. The lowest BCUT2D eigenvalue weighted by Gasteiger charge is -2.11. The van der Waals surface area contributed by atoms with Crippen molar-refractivity contribution in [2.45, 2.75) is 13.5 Å². The van der Waals surface area contributed by atoms with Crippen LogP contribution in [0, 0.1) is 5.82 Å². The van der Waals surface area contributed by atoms with Gasteiger partial charge in [0, 0.05) is 22.6 Å². The van der Waals surface area contributed by atoms with Gasteiger partial charge < -0.3 is 5.32 Å². The first kappa shape index (κ1) is 16.3. The van der Waals surface area contributed by atoms with Gasteiger partial charge in [-0.05, 0) is 43.3 Å². The summed E-state index contributed by atoms with van der Waals surface area (Å²) >= 11 is 3.15. The Morgan fingerprint density at radius 2 is 2.12 bits per heavy atom. The smallest absolute Gasteiger partial charge is 0.265 e. The Hall–Kier alpha value is -2.54. The molecule has 0 radical (unpaired) electrons. The van der Waals surface area contributed by atoms with E-state index in [1.165, 1.54) is 22.8 Å². The van der Waals surface area contributed by atoms with Crippen molar-refractivity contribution in [1.82, 2.24) is 9.55 Å². The average molecular weight is 390 g/mol. The van der Waals surface area contributed by atoms with E-state index in [9.17, 15) is 14.0 Å². The number of pyridine rings is 2. The van der Waals surface area contributed by atoms with E-state index in [4.69, 9.17) is 0 Å². The average Bonchev–Trinajstić information content (AvgIpc) is 2.57. The van der Waals surface area contributed by atoms with E-state index in [2.05, 4.69) is 26.2 Å². The zero-order valence-corrected chi connectivity index (χ0v) is 14.3. The number of rotatable bonds is 3. The minimum atomic E-state index is -0.658. The fraction of sp³-hybridized carbons (Fsp3) is 0.118. The minimum Gasteiger partial charge on any atom is -0.319 e. The number of carbonyl (C=O) groups excluding carboxylic acids is 1. The second-order valence-electron chi connectivity index (χ2n) is 5.10. The van der Waals surface area contributed by atoms with Gasteiger partial charge in [-0.3, -0.25) is 14.2 Å². The molecule has 0 aliphatic rings. The minimum absolute atomic E-state index is 0.0110. The van der Waals surface area contributed by atoms with Crippen LogP contribution in [0.3, 0.4) is 0 Å². The fourth-order valence-corrected chi connectivity index (χ4v) is 2.78. The number of amides is 1. The molecule has 0 aliphatic heterocycles. The SMILES string of the molecule is CCn1c(=O)c(C(=O)Nc2ccc(Br)cc2F)cc2cccnc21. The molecule has 3 rings (SSSR count). The van der Waals surface area contributed by atoms with Crippen LogP contribution in [-0.2, 0) is 6.54 Å².